The van der Waals surface area contributed by atoms with E-state index in [0.29, 0.717) is 0 Å². The molecule has 0 amide bonds. The minimum atomic E-state index is 0.226. The molecule has 4 nitrogen and oxygen atoms in total. The number of fused-ring (bicyclic) bond motifs is 1. The number of nitrogens with zero attached hydrogens (tertiary/aromatic N) is 2. The van der Waals surface area contributed by atoms with E-state index in [4.69, 9.17) is 0 Å². The summed E-state index contributed by atoms with van der Waals surface area (Å²) >= 11 is 1.55. The van der Waals surface area contributed by atoms with Crippen LogP contribution in [0.1, 0.15) is 5.56 Å². The van der Waals surface area contributed by atoms with Crippen molar-refractivity contribution in [1.29, 1.82) is 0 Å². The zero-order valence-corrected chi connectivity index (χ0v) is 10.8. The van der Waals surface area contributed by atoms with Crippen molar-refractivity contribution in [3.63, 3.8) is 0 Å². The number of benzene rings is 2. The number of hydrogen-bond acceptors (Lipinski definition) is 5. The van der Waals surface area contributed by atoms with Crippen LogP contribution in [0.15, 0.2) is 53.6 Å². The van der Waals surface area contributed by atoms with Crippen molar-refractivity contribution in [1.82, 2.24) is 4.98 Å². The number of hydrogen-bond donors (Lipinski definition) is 2. The molecule has 19 heavy (non-hydrogen) atoms. The third-order valence-electron chi connectivity index (χ3n) is 2.54. The highest BCUT2D eigenvalue weighted by Gasteiger charge is 2.00. The summed E-state index contributed by atoms with van der Waals surface area (Å²) in [6.45, 7) is 0. The SMILES string of the molecule is Oc1cccc(/C=N/Nc2nc3ccccc3s2)c1. The maximum atomic E-state index is 9.33. The number of anilines is 1. The number of aromatic hydroxyl groups is 1. The molecule has 0 unspecified atom stereocenters. The van der Waals surface area contributed by atoms with Crippen molar-refractivity contribution in [3.05, 3.63) is 54.1 Å². The van der Waals surface area contributed by atoms with E-state index in [-0.39, 0.29) is 5.75 Å². The third kappa shape index (κ3) is 2.71. The standard InChI is InChI=1S/C14H11N3OS/c18-11-5-3-4-10(8-11)9-15-17-14-16-12-6-1-2-7-13(12)19-14/h1-9,18H,(H,16,17)/b15-9+. The molecule has 0 saturated heterocycles. The number of hydrazone groups is 1. The lowest BCUT2D eigenvalue weighted by atomic mass is 10.2. The third-order valence-corrected chi connectivity index (χ3v) is 3.48. The normalized spacial score (nSPS) is 11.2. The predicted octanol–water partition coefficient (Wildman–Crippen LogP) is 3.45. The van der Waals surface area contributed by atoms with Gasteiger partial charge in [-0.05, 0) is 29.8 Å². The van der Waals surface area contributed by atoms with Crippen LogP contribution in [0.25, 0.3) is 10.2 Å². The van der Waals surface area contributed by atoms with Crippen molar-refractivity contribution in [2.45, 2.75) is 0 Å². The molecule has 0 aliphatic rings. The minimum absolute atomic E-state index is 0.226. The summed E-state index contributed by atoms with van der Waals surface area (Å²) in [6, 6.07) is 14.8. The average molecular weight is 269 g/mol. The van der Waals surface area contributed by atoms with Gasteiger partial charge in [-0.15, -0.1) is 0 Å². The van der Waals surface area contributed by atoms with Gasteiger partial charge in [0.05, 0.1) is 16.4 Å². The molecule has 1 heterocycles. The van der Waals surface area contributed by atoms with Crippen LogP contribution in [0.4, 0.5) is 5.13 Å². The quantitative estimate of drug-likeness (QED) is 0.565. The molecular formula is C14H11N3OS. The molecule has 0 bridgehead atoms. The topological polar surface area (TPSA) is 57.5 Å². The lowest BCUT2D eigenvalue weighted by Crippen LogP contribution is -1.89. The first-order chi connectivity index (χ1) is 9.31. The van der Waals surface area contributed by atoms with E-state index in [9.17, 15) is 5.11 Å². The summed E-state index contributed by atoms with van der Waals surface area (Å²) in [5.41, 5.74) is 4.69. The number of para-hydroxylation sites is 1. The molecule has 94 valence electrons. The molecule has 0 spiro atoms. The molecule has 0 aliphatic carbocycles. The Morgan fingerprint density at radius 3 is 2.89 bits per heavy atom. The first-order valence-electron chi connectivity index (χ1n) is 5.75. The molecule has 0 aliphatic heterocycles. The van der Waals surface area contributed by atoms with Gasteiger partial charge in [0.25, 0.3) is 0 Å². The average Bonchev–Trinajstić information content (AvgIpc) is 2.81. The molecule has 3 aromatic rings. The van der Waals surface area contributed by atoms with Crippen LogP contribution in [0.5, 0.6) is 5.75 Å². The fourth-order valence-corrected chi connectivity index (χ4v) is 2.50. The number of phenolic OH excluding ortho intramolecular Hbond substituents is 1. The summed E-state index contributed by atoms with van der Waals surface area (Å²) in [5.74, 6) is 0.226. The Morgan fingerprint density at radius 1 is 1.16 bits per heavy atom. The van der Waals surface area contributed by atoms with Crippen molar-refractivity contribution in [2.75, 3.05) is 5.43 Å². The Balaban J connectivity index is 1.75. The molecule has 0 fully saturated rings. The zero-order chi connectivity index (χ0) is 13.1. The first-order valence-corrected chi connectivity index (χ1v) is 6.56. The van der Waals surface area contributed by atoms with Crippen molar-refractivity contribution >= 4 is 32.9 Å². The fourth-order valence-electron chi connectivity index (χ4n) is 1.69. The zero-order valence-electron chi connectivity index (χ0n) is 9.95. The van der Waals surface area contributed by atoms with E-state index in [1.165, 1.54) is 0 Å². The molecule has 0 saturated carbocycles. The van der Waals surface area contributed by atoms with Gasteiger partial charge < -0.3 is 5.11 Å². The Bertz CT molecular complexity index is 703. The van der Waals surface area contributed by atoms with Gasteiger partial charge in [-0.2, -0.15) is 5.10 Å². The Morgan fingerprint density at radius 2 is 2.05 bits per heavy atom. The molecule has 2 aromatic carbocycles. The number of aromatic nitrogens is 1. The highest BCUT2D eigenvalue weighted by Crippen LogP contribution is 2.25. The van der Waals surface area contributed by atoms with Crippen LogP contribution in [-0.2, 0) is 0 Å². The van der Waals surface area contributed by atoms with Crippen LogP contribution >= 0.6 is 11.3 Å². The molecule has 3 rings (SSSR count). The van der Waals surface area contributed by atoms with Crippen molar-refractivity contribution in [3.8, 4) is 5.75 Å². The van der Waals surface area contributed by atoms with E-state index in [0.717, 1.165) is 20.9 Å². The van der Waals surface area contributed by atoms with Crippen LogP contribution in [0.3, 0.4) is 0 Å². The van der Waals surface area contributed by atoms with E-state index >= 15 is 0 Å². The lowest BCUT2D eigenvalue weighted by Gasteiger charge is -1.95. The van der Waals surface area contributed by atoms with Gasteiger partial charge in [0.15, 0.2) is 0 Å². The van der Waals surface area contributed by atoms with E-state index in [1.54, 1.807) is 35.8 Å². The smallest absolute Gasteiger partial charge is 0.204 e. The van der Waals surface area contributed by atoms with Gasteiger partial charge in [-0.1, -0.05) is 35.6 Å². The van der Waals surface area contributed by atoms with Gasteiger partial charge in [0, 0.05) is 0 Å². The highest BCUT2D eigenvalue weighted by molar-refractivity contribution is 7.22. The van der Waals surface area contributed by atoms with Gasteiger partial charge in [0.1, 0.15) is 5.75 Å². The largest absolute Gasteiger partial charge is 0.508 e. The van der Waals surface area contributed by atoms with Crippen molar-refractivity contribution < 1.29 is 5.11 Å². The van der Waals surface area contributed by atoms with Gasteiger partial charge in [-0.3, -0.25) is 5.43 Å². The second kappa shape index (κ2) is 5.07. The molecular weight excluding hydrogens is 258 g/mol. The summed E-state index contributed by atoms with van der Waals surface area (Å²) in [6.07, 6.45) is 1.64. The monoisotopic (exact) mass is 269 g/mol. The van der Waals surface area contributed by atoms with Gasteiger partial charge >= 0.3 is 0 Å². The lowest BCUT2D eigenvalue weighted by molar-refractivity contribution is 0.475. The van der Waals surface area contributed by atoms with Crippen LogP contribution in [0.2, 0.25) is 0 Å². The maximum Gasteiger partial charge on any atom is 0.204 e. The van der Waals surface area contributed by atoms with Crippen molar-refractivity contribution in [2.24, 2.45) is 5.10 Å². The van der Waals surface area contributed by atoms with Crippen LogP contribution in [-0.4, -0.2) is 16.3 Å². The maximum absolute atomic E-state index is 9.33. The van der Waals surface area contributed by atoms with E-state index in [2.05, 4.69) is 15.5 Å². The number of thiazole rings is 1. The molecule has 0 atom stereocenters. The summed E-state index contributed by atoms with van der Waals surface area (Å²) < 4.78 is 1.12. The molecule has 1 aromatic heterocycles. The molecule has 5 heteroatoms. The molecule has 2 N–H and O–H groups in total. The second-order valence-corrected chi connectivity index (χ2v) is 4.98. The summed E-state index contributed by atoms with van der Waals surface area (Å²) in [5, 5.41) is 14.2. The Hall–Kier alpha value is -2.40. The fraction of sp³-hybridized carbons (Fsp3) is 0. The van der Waals surface area contributed by atoms with Crippen LogP contribution in [0, 0.1) is 0 Å². The Kier molecular flexibility index (Phi) is 3.12. The van der Waals surface area contributed by atoms with Gasteiger partial charge in [-0.25, -0.2) is 4.98 Å². The van der Waals surface area contributed by atoms with Gasteiger partial charge in [0.2, 0.25) is 5.13 Å². The second-order valence-electron chi connectivity index (χ2n) is 3.95. The Labute approximate surface area is 114 Å². The van der Waals surface area contributed by atoms with E-state index in [1.807, 2.05) is 30.3 Å². The number of rotatable bonds is 3. The molecule has 0 radical (unpaired) electrons. The summed E-state index contributed by atoms with van der Waals surface area (Å²) in [7, 11) is 0. The number of nitrogens with one attached hydrogen (secondary N) is 1. The summed E-state index contributed by atoms with van der Waals surface area (Å²) in [4.78, 5) is 4.41. The first kappa shape index (κ1) is 11.7. The van der Waals surface area contributed by atoms with Crippen LogP contribution < -0.4 is 5.43 Å². The number of phenols is 1. The predicted molar refractivity (Wildman–Crippen MR) is 78.9 cm³/mol. The highest BCUT2D eigenvalue weighted by atomic mass is 32.1. The minimum Gasteiger partial charge on any atom is -0.508 e. The van der Waals surface area contributed by atoms with E-state index < -0.39 is 0 Å².